The molecular weight excluding hydrogens is 240 g/mol. The average molecular weight is 270 g/mol. The van der Waals surface area contributed by atoms with E-state index in [1.54, 1.807) is 0 Å². The molecule has 0 bridgehead atoms. The van der Waals surface area contributed by atoms with E-state index < -0.39 is 0 Å². The fraction of sp³-hybridized carbons (Fsp3) is 0.867. The van der Waals surface area contributed by atoms with E-state index in [0.717, 1.165) is 25.9 Å². The largest absolute Gasteiger partial charge is 0.356 e. The summed E-state index contributed by atoms with van der Waals surface area (Å²) in [6.45, 7) is 10.00. The Balaban J connectivity index is 3.45. The predicted molar refractivity (Wildman–Crippen MR) is 78.8 cm³/mol. The van der Waals surface area contributed by atoms with Gasteiger partial charge in [0.05, 0.1) is 0 Å². The summed E-state index contributed by atoms with van der Waals surface area (Å²) in [5.41, 5.74) is 0. The van der Waals surface area contributed by atoms with Crippen LogP contribution in [0.2, 0.25) is 0 Å². The molecule has 0 aromatic heterocycles. The fourth-order valence-corrected chi connectivity index (χ4v) is 1.59. The van der Waals surface area contributed by atoms with Crippen molar-refractivity contribution >= 4 is 11.8 Å². The summed E-state index contributed by atoms with van der Waals surface area (Å²) in [4.78, 5) is 22.9. The zero-order valence-corrected chi connectivity index (χ0v) is 12.9. The molecule has 2 amide bonds. The Kier molecular flexibility index (Phi) is 10.2. The molecule has 0 aliphatic heterocycles. The highest BCUT2D eigenvalue weighted by Crippen LogP contribution is 2.00. The number of rotatable bonds is 10. The molecule has 0 aliphatic carbocycles. The van der Waals surface area contributed by atoms with Crippen LogP contribution in [0.5, 0.6) is 0 Å². The molecule has 4 heteroatoms. The Morgan fingerprint density at radius 1 is 0.789 bits per heavy atom. The summed E-state index contributed by atoms with van der Waals surface area (Å²) < 4.78 is 0. The van der Waals surface area contributed by atoms with Crippen molar-refractivity contribution in [3.05, 3.63) is 0 Å². The lowest BCUT2D eigenvalue weighted by atomic mass is 10.1. The lowest BCUT2D eigenvalue weighted by Crippen LogP contribution is -2.27. The van der Waals surface area contributed by atoms with Gasteiger partial charge in [-0.05, 0) is 31.1 Å². The highest BCUT2D eigenvalue weighted by atomic mass is 16.2. The number of carbonyl (C=O) groups is 2. The Morgan fingerprint density at radius 3 is 1.47 bits per heavy atom. The second-order valence-corrected chi connectivity index (χ2v) is 5.92. The topological polar surface area (TPSA) is 58.2 Å². The second-order valence-electron chi connectivity index (χ2n) is 5.92. The van der Waals surface area contributed by atoms with E-state index in [-0.39, 0.29) is 11.8 Å². The molecule has 0 rings (SSSR count). The monoisotopic (exact) mass is 270 g/mol. The lowest BCUT2D eigenvalue weighted by molar-refractivity contribution is -0.122. The first kappa shape index (κ1) is 17.9. The molecule has 0 heterocycles. The maximum absolute atomic E-state index is 11.5. The van der Waals surface area contributed by atoms with Crippen LogP contribution in [0.25, 0.3) is 0 Å². The Hall–Kier alpha value is -1.06. The highest BCUT2D eigenvalue weighted by Gasteiger charge is 2.05. The van der Waals surface area contributed by atoms with Crippen LogP contribution in [0.4, 0.5) is 0 Å². The van der Waals surface area contributed by atoms with Crippen molar-refractivity contribution in [2.24, 2.45) is 11.8 Å². The van der Waals surface area contributed by atoms with Crippen LogP contribution < -0.4 is 10.6 Å². The summed E-state index contributed by atoms with van der Waals surface area (Å²) in [5, 5.41) is 5.75. The Labute approximate surface area is 117 Å². The molecule has 0 radical (unpaired) electrons. The molecule has 0 atom stereocenters. The van der Waals surface area contributed by atoms with Crippen LogP contribution in [0.1, 0.15) is 59.8 Å². The van der Waals surface area contributed by atoms with Crippen molar-refractivity contribution in [3.63, 3.8) is 0 Å². The van der Waals surface area contributed by atoms with Crippen LogP contribution in [0.3, 0.4) is 0 Å². The average Bonchev–Trinajstić information content (AvgIpc) is 2.27. The van der Waals surface area contributed by atoms with Gasteiger partial charge in [0.25, 0.3) is 0 Å². The van der Waals surface area contributed by atoms with Gasteiger partial charge in [-0.15, -0.1) is 0 Å². The standard InChI is InChI=1S/C15H30N2O2/c1-12(2)8-10-16-14(18)6-5-7-15(19)17-11-9-13(3)4/h12-13H,5-11H2,1-4H3,(H,16,18)(H,17,19). The van der Waals surface area contributed by atoms with E-state index in [1.807, 2.05) is 0 Å². The van der Waals surface area contributed by atoms with Crippen LogP contribution >= 0.6 is 0 Å². The molecule has 0 saturated heterocycles. The van der Waals surface area contributed by atoms with E-state index in [9.17, 15) is 9.59 Å². The normalized spacial score (nSPS) is 10.8. The van der Waals surface area contributed by atoms with Crippen LogP contribution in [0, 0.1) is 11.8 Å². The number of hydrogen-bond donors (Lipinski definition) is 2. The molecule has 0 aliphatic rings. The van der Waals surface area contributed by atoms with Crippen molar-refractivity contribution in [2.45, 2.75) is 59.8 Å². The summed E-state index contributed by atoms with van der Waals surface area (Å²) in [5.74, 6) is 1.31. The predicted octanol–water partition coefficient (Wildman–Crippen LogP) is 2.48. The van der Waals surface area contributed by atoms with Gasteiger partial charge in [-0.25, -0.2) is 0 Å². The molecule has 112 valence electrons. The first-order valence-electron chi connectivity index (χ1n) is 7.45. The molecule has 0 spiro atoms. The van der Waals surface area contributed by atoms with Gasteiger partial charge in [0.15, 0.2) is 0 Å². The van der Waals surface area contributed by atoms with Crippen molar-refractivity contribution < 1.29 is 9.59 Å². The maximum Gasteiger partial charge on any atom is 0.220 e. The van der Waals surface area contributed by atoms with Crippen molar-refractivity contribution in [2.75, 3.05) is 13.1 Å². The summed E-state index contributed by atoms with van der Waals surface area (Å²) in [6.07, 6.45) is 3.51. The van der Waals surface area contributed by atoms with Crippen LogP contribution in [0.15, 0.2) is 0 Å². The quantitative estimate of drug-likeness (QED) is 0.641. The first-order valence-corrected chi connectivity index (χ1v) is 7.45. The molecule has 0 unspecified atom stereocenters. The maximum atomic E-state index is 11.5. The van der Waals surface area contributed by atoms with Crippen molar-refractivity contribution in [1.29, 1.82) is 0 Å². The van der Waals surface area contributed by atoms with Gasteiger partial charge in [-0.2, -0.15) is 0 Å². The first-order chi connectivity index (χ1) is 8.91. The smallest absolute Gasteiger partial charge is 0.220 e. The van der Waals surface area contributed by atoms with Gasteiger partial charge in [0.2, 0.25) is 11.8 Å². The minimum absolute atomic E-state index is 0.0515. The molecule has 0 saturated carbocycles. The number of hydrogen-bond acceptors (Lipinski definition) is 2. The fourth-order valence-electron chi connectivity index (χ4n) is 1.59. The van der Waals surface area contributed by atoms with E-state index in [4.69, 9.17) is 0 Å². The molecule has 4 nitrogen and oxygen atoms in total. The highest BCUT2D eigenvalue weighted by molar-refractivity contribution is 5.78. The van der Waals surface area contributed by atoms with Crippen molar-refractivity contribution in [3.8, 4) is 0 Å². The Bertz CT molecular complexity index is 237. The number of nitrogens with one attached hydrogen (secondary N) is 2. The molecule has 0 fully saturated rings. The van der Waals surface area contributed by atoms with Crippen LogP contribution in [-0.4, -0.2) is 24.9 Å². The third-order valence-corrected chi connectivity index (χ3v) is 2.90. The van der Waals surface area contributed by atoms with Gasteiger partial charge < -0.3 is 10.6 Å². The molecule has 0 aromatic rings. The second kappa shape index (κ2) is 10.8. The molecule has 19 heavy (non-hydrogen) atoms. The van der Waals surface area contributed by atoms with Gasteiger partial charge in [0.1, 0.15) is 0 Å². The van der Waals surface area contributed by atoms with E-state index >= 15 is 0 Å². The SMILES string of the molecule is CC(C)CCNC(=O)CCCC(=O)NCCC(C)C. The molecule has 2 N–H and O–H groups in total. The summed E-state index contributed by atoms with van der Waals surface area (Å²) in [7, 11) is 0. The minimum atomic E-state index is 0.0515. The third-order valence-electron chi connectivity index (χ3n) is 2.90. The van der Waals surface area contributed by atoms with E-state index in [0.29, 0.717) is 31.1 Å². The van der Waals surface area contributed by atoms with Gasteiger partial charge in [-0.3, -0.25) is 9.59 Å². The molecular formula is C15H30N2O2. The van der Waals surface area contributed by atoms with Crippen molar-refractivity contribution in [1.82, 2.24) is 10.6 Å². The van der Waals surface area contributed by atoms with Gasteiger partial charge in [0, 0.05) is 25.9 Å². The number of amides is 2. The molecule has 0 aromatic carbocycles. The third kappa shape index (κ3) is 13.2. The lowest BCUT2D eigenvalue weighted by Gasteiger charge is -2.08. The van der Waals surface area contributed by atoms with Gasteiger partial charge in [-0.1, -0.05) is 27.7 Å². The Morgan fingerprint density at radius 2 is 1.16 bits per heavy atom. The number of carbonyl (C=O) groups excluding carboxylic acids is 2. The van der Waals surface area contributed by atoms with E-state index in [2.05, 4.69) is 38.3 Å². The zero-order chi connectivity index (χ0) is 14.7. The summed E-state index contributed by atoms with van der Waals surface area (Å²) in [6, 6.07) is 0. The van der Waals surface area contributed by atoms with Gasteiger partial charge >= 0.3 is 0 Å². The minimum Gasteiger partial charge on any atom is -0.356 e. The summed E-state index contributed by atoms with van der Waals surface area (Å²) >= 11 is 0. The van der Waals surface area contributed by atoms with Crippen LogP contribution in [-0.2, 0) is 9.59 Å². The van der Waals surface area contributed by atoms with E-state index in [1.165, 1.54) is 0 Å². The zero-order valence-electron chi connectivity index (χ0n) is 12.9.